The minimum absolute atomic E-state index is 0.265. The van der Waals surface area contributed by atoms with Gasteiger partial charge in [-0.15, -0.1) is 0 Å². The van der Waals surface area contributed by atoms with E-state index < -0.39 is 19.0 Å². The van der Waals surface area contributed by atoms with Crippen LogP contribution in [0, 0.1) is 5.92 Å². The first kappa shape index (κ1) is 17.9. The summed E-state index contributed by atoms with van der Waals surface area (Å²) in [5.74, 6) is 0.588. The molecule has 1 saturated carbocycles. The molecular formula is C19H26F2O2. The van der Waals surface area contributed by atoms with Crippen LogP contribution in [0.2, 0.25) is 0 Å². The topological polar surface area (TPSA) is 26.3 Å². The fourth-order valence-corrected chi connectivity index (χ4v) is 3.38. The minimum Gasteiger partial charge on any atom is -0.425 e. The van der Waals surface area contributed by atoms with Crippen LogP contribution in [0.4, 0.5) is 8.78 Å². The van der Waals surface area contributed by atoms with Gasteiger partial charge in [-0.25, -0.2) is 9.18 Å². The van der Waals surface area contributed by atoms with Gasteiger partial charge in [0.15, 0.2) is 6.67 Å². The van der Waals surface area contributed by atoms with Gasteiger partial charge in [0, 0.05) is 0 Å². The van der Waals surface area contributed by atoms with Gasteiger partial charge in [-0.3, -0.25) is 0 Å². The second-order valence-corrected chi connectivity index (χ2v) is 6.45. The average molecular weight is 324 g/mol. The lowest BCUT2D eigenvalue weighted by Gasteiger charge is -2.28. The third kappa shape index (κ3) is 5.29. The summed E-state index contributed by atoms with van der Waals surface area (Å²) >= 11 is 0. The highest BCUT2D eigenvalue weighted by Crippen LogP contribution is 2.37. The maximum Gasteiger partial charge on any atom is 0.340 e. The summed E-state index contributed by atoms with van der Waals surface area (Å²) in [4.78, 5) is 11.6. The summed E-state index contributed by atoms with van der Waals surface area (Å²) in [6.45, 7) is 0.919. The van der Waals surface area contributed by atoms with Crippen LogP contribution in [0.15, 0.2) is 24.3 Å². The average Bonchev–Trinajstić information content (AvgIpc) is 2.60. The van der Waals surface area contributed by atoms with E-state index in [0.717, 1.165) is 5.92 Å². The van der Waals surface area contributed by atoms with E-state index in [-0.39, 0.29) is 5.56 Å². The lowest BCUT2D eigenvalue weighted by atomic mass is 9.77. The van der Waals surface area contributed by atoms with Crippen LogP contribution in [0.25, 0.3) is 0 Å². The number of carbonyl (C=O) groups excluding carboxylic acids is 1. The summed E-state index contributed by atoms with van der Waals surface area (Å²) < 4.78 is 29.1. The van der Waals surface area contributed by atoms with Gasteiger partial charge in [0.1, 0.15) is 0 Å². The first-order valence-electron chi connectivity index (χ1n) is 8.65. The van der Waals surface area contributed by atoms with Crippen LogP contribution in [0.3, 0.4) is 0 Å². The van der Waals surface area contributed by atoms with Gasteiger partial charge in [-0.05, 0) is 55.2 Å². The molecule has 1 atom stereocenters. The van der Waals surface area contributed by atoms with Crippen molar-refractivity contribution in [2.24, 2.45) is 5.92 Å². The second kappa shape index (κ2) is 8.99. The van der Waals surface area contributed by atoms with E-state index in [2.05, 4.69) is 11.7 Å². The third-order valence-corrected chi connectivity index (χ3v) is 4.79. The predicted molar refractivity (Wildman–Crippen MR) is 87.0 cm³/mol. The lowest BCUT2D eigenvalue weighted by molar-refractivity contribution is -0.0254. The summed E-state index contributed by atoms with van der Waals surface area (Å²) in [5.41, 5.74) is 1.49. The Morgan fingerprint density at radius 2 is 1.87 bits per heavy atom. The highest BCUT2D eigenvalue weighted by Gasteiger charge is 2.22. The zero-order valence-electron chi connectivity index (χ0n) is 13.8. The Hall–Kier alpha value is -1.45. The largest absolute Gasteiger partial charge is 0.425 e. The molecule has 1 aliphatic carbocycles. The van der Waals surface area contributed by atoms with Crippen LogP contribution in [-0.2, 0) is 4.74 Å². The number of alkyl halides is 2. The Morgan fingerprint density at radius 1 is 1.22 bits per heavy atom. The summed E-state index contributed by atoms with van der Waals surface area (Å²) in [7, 11) is 0. The summed E-state index contributed by atoms with van der Waals surface area (Å²) in [5, 5.41) is 0. The molecule has 0 amide bonds. The number of hydrogen-bond donors (Lipinski definition) is 0. The molecule has 1 aliphatic rings. The molecule has 0 heterocycles. The van der Waals surface area contributed by atoms with E-state index >= 15 is 0 Å². The fraction of sp³-hybridized carbons (Fsp3) is 0.632. The van der Waals surface area contributed by atoms with Crippen molar-refractivity contribution >= 4 is 5.97 Å². The second-order valence-electron chi connectivity index (χ2n) is 6.45. The SMILES string of the molecule is CCCCC1CCC(c2ccc(C(=O)OC(F)CF)cc2)CC1. The van der Waals surface area contributed by atoms with Crippen LogP contribution >= 0.6 is 0 Å². The molecule has 1 aromatic rings. The Labute approximate surface area is 137 Å². The zero-order valence-corrected chi connectivity index (χ0v) is 13.8. The molecule has 1 unspecified atom stereocenters. The molecule has 0 bridgehead atoms. The Kier molecular flexibility index (Phi) is 7.00. The number of unbranched alkanes of at least 4 members (excludes halogenated alkanes) is 1. The first-order valence-corrected chi connectivity index (χ1v) is 8.65. The molecule has 0 saturated heterocycles. The van der Waals surface area contributed by atoms with Crippen molar-refractivity contribution in [1.29, 1.82) is 0 Å². The fourth-order valence-electron chi connectivity index (χ4n) is 3.38. The highest BCUT2D eigenvalue weighted by atomic mass is 19.2. The van der Waals surface area contributed by atoms with E-state index in [1.54, 1.807) is 12.1 Å². The van der Waals surface area contributed by atoms with E-state index in [0.29, 0.717) is 5.92 Å². The van der Waals surface area contributed by atoms with Crippen molar-refractivity contribution in [3.8, 4) is 0 Å². The van der Waals surface area contributed by atoms with Crippen molar-refractivity contribution in [3.05, 3.63) is 35.4 Å². The minimum atomic E-state index is -2.18. The predicted octanol–water partition coefficient (Wildman–Crippen LogP) is 5.57. The van der Waals surface area contributed by atoms with Crippen molar-refractivity contribution in [2.45, 2.75) is 64.1 Å². The quantitative estimate of drug-likeness (QED) is 0.613. The van der Waals surface area contributed by atoms with Gasteiger partial charge in [-0.1, -0.05) is 38.3 Å². The molecule has 1 aromatic carbocycles. The number of halogens is 2. The number of ether oxygens (including phenoxy) is 1. The van der Waals surface area contributed by atoms with E-state index in [9.17, 15) is 13.6 Å². The number of carbonyl (C=O) groups is 1. The molecule has 0 N–H and O–H groups in total. The van der Waals surface area contributed by atoms with E-state index in [1.807, 2.05) is 12.1 Å². The summed E-state index contributed by atoms with van der Waals surface area (Å²) in [6, 6.07) is 7.12. The first-order chi connectivity index (χ1) is 11.1. The molecule has 2 nitrogen and oxygen atoms in total. The number of benzene rings is 1. The molecule has 128 valence electrons. The smallest absolute Gasteiger partial charge is 0.340 e. The zero-order chi connectivity index (χ0) is 16.7. The number of esters is 1. The van der Waals surface area contributed by atoms with Crippen molar-refractivity contribution < 1.29 is 18.3 Å². The molecule has 4 heteroatoms. The molecule has 23 heavy (non-hydrogen) atoms. The Balaban J connectivity index is 1.87. The van der Waals surface area contributed by atoms with Gasteiger partial charge >= 0.3 is 5.97 Å². The van der Waals surface area contributed by atoms with Crippen LogP contribution < -0.4 is 0 Å². The van der Waals surface area contributed by atoms with Crippen LogP contribution in [0.1, 0.15) is 73.7 Å². The highest BCUT2D eigenvalue weighted by molar-refractivity contribution is 5.89. The lowest BCUT2D eigenvalue weighted by Crippen LogP contribution is -2.16. The third-order valence-electron chi connectivity index (χ3n) is 4.79. The Morgan fingerprint density at radius 3 is 2.43 bits per heavy atom. The van der Waals surface area contributed by atoms with Crippen molar-refractivity contribution in [2.75, 3.05) is 6.67 Å². The normalized spacial score (nSPS) is 22.6. The molecular weight excluding hydrogens is 298 g/mol. The molecule has 2 rings (SSSR count). The molecule has 0 radical (unpaired) electrons. The van der Waals surface area contributed by atoms with Crippen LogP contribution in [-0.4, -0.2) is 19.0 Å². The maximum absolute atomic E-state index is 12.7. The monoisotopic (exact) mass is 324 g/mol. The Bertz CT molecular complexity index is 479. The van der Waals surface area contributed by atoms with Crippen molar-refractivity contribution in [1.82, 2.24) is 0 Å². The standard InChI is InChI=1S/C19H26F2O2/c1-2-3-4-14-5-7-15(8-6-14)16-9-11-17(12-10-16)19(22)23-18(21)13-20/h9-12,14-15,18H,2-8,13H2,1H3. The molecule has 1 fully saturated rings. The van der Waals surface area contributed by atoms with Gasteiger partial charge in [-0.2, -0.15) is 4.39 Å². The molecule has 0 aromatic heterocycles. The van der Waals surface area contributed by atoms with Gasteiger partial charge in [0.25, 0.3) is 6.36 Å². The number of rotatable bonds is 7. The molecule has 0 aliphatic heterocycles. The molecule has 0 spiro atoms. The van der Waals surface area contributed by atoms with Crippen molar-refractivity contribution in [3.63, 3.8) is 0 Å². The van der Waals surface area contributed by atoms with E-state index in [1.165, 1.54) is 50.5 Å². The van der Waals surface area contributed by atoms with Gasteiger partial charge < -0.3 is 4.74 Å². The van der Waals surface area contributed by atoms with Gasteiger partial charge in [0.05, 0.1) is 5.56 Å². The maximum atomic E-state index is 12.7. The number of hydrogen-bond acceptors (Lipinski definition) is 2. The van der Waals surface area contributed by atoms with Crippen LogP contribution in [0.5, 0.6) is 0 Å². The van der Waals surface area contributed by atoms with E-state index in [4.69, 9.17) is 0 Å². The summed E-state index contributed by atoms with van der Waals surface area (Å²) in [6.07, 6.45) is 6.66. The van der Waals surface area contributed by atoms with Gasteiger partial charge in [0.2, 0.25) is 0 Å².